The quantitative estimate of drug-likeness (QED) is 0.291. The Morgan fingerprint density at radius 3 is 2.47 bits per heavy atom. The summed E-state index contributed by atoms with van der Waals surface area (Å²) in [6.45, 7) is 2.02. The third-order valence-corrected chi connectivity index (χ3v) is 6.59. The SMILES string of the molecule is Cc1ccccc1Nc1nnc(NC(=O)c2cc3cc(Oc4ccccc4)ccc3s2)s1. The number of thiophene rings is 1. The van der Waals surface area contributed by atoms with Crippen LogP contribution in [0.25, 0.3) is 10.1 Å². The zero-order valence-corrected chi connectivity index (χ0v) is 18.7. The number of hydrogen-bond acceptors (Lipinski definition) is 7. The van der Waals surface area contributed by atoms with E-state index in [0.717, 1.165) is 32.8 Å². The third-order valence-electron chi connectivity index (χ3n) is 4.72. The lowest BCUT2D eigenvalue weighted by atomic mass is 10.2. The highest BCUT2D eigenvalue weighted by Crippen LogP contribution is 2.32. The Balaban J connectivity index is 1.29. The van der Waals surface area contributed by atoms with Gasteiger partial charge in [-0.1, -0.05) is 47.7 Å². The molecule has 0 radical (unpaired) electrons. The van der Waals surface area contributed by atoms with Crippen molar-refractivity contribution in [2.24, 2.45) is 0 Å². The summed E-state index contributed by atoms with van der Waals surface area (Å²) >= 11 is 2.71. The summed E-state index contributed by atoms with van der Waals surface area (Å²) in [5.74, 6) is 1.28. The number of aryl methyl sites for hydroxylation is 1. The summed E-state index contributed by atoms with van der Waals surface area (Å²) in [6.07, 6.45) is 0. The highest BCUT2D eigenvalue weighted by atomic mass is 32.1. The highest BCUT2D eigenvalue weighted by molar-refractivity contribution is 7.21. The Labute approximate surface area is 192 Å². The molecule has 1 amide bonds. The molecule has 6 nitrogen and oxygen atoms in total. The number of hydrogen-bond donors (Lipinski definition) is 2. The van der Waals surface area contributed by atoms with Crippen LogP contribution in [0, 0.1) is 6.92 Å². The molecule has 32 heavy (non-hydrogen) atoms. The van der Waals surface area contributed by atoms with Gasteiger partial charge < -0.3 is 10.1 Å². The Morgan fingerprint density at radius 1 is 0.844 bits per heavy atom. The first-order chi connectivity index (χ1) is 15.6. The molecule has 3 aromatic carbocycles. The Hall–Kier alpha value is -3.75. The van der Waals surface area contributed by atoms with E-state index < -0.39 is 0 Å². The molecule has 2 N–H and O–H groups in total. The number of nitrogens with zero attached hydrogens (tertiary/aromatic N) is 2. The Morgan fingerprint density at radius 2 is 1.62 bits per heavy atom. The maximum absolute atomic E-state index is 12.8. The summed E-state index contributed by atoms with van der Waals surface area (Å²) in [5, 5.41) is 16.3. The lowest BCUT2D eigenvalue weighted by molar-refractivity contribution is 0.103. The molecular weight excluding hydrogens is 440 g/mol. The summed E-state index contributed by atoms with van der Waals surface area (Å²) in [6, 6.07) is 25.2. The maximum atomic E-state index is 12.8. The van der Waals surface area contributed by atoms with Crippen molar-refractivity contribution < 1.29 is 9.53 Å². The summed E-state index contributed by atoms with van der Waals surface area (Å²) in [7, 11) is 0. The van der Waals surface area contributed by atoms with Crippen molar-refractivity contribution in [1.29, 1.82) is 0 Å². The van der Waals surface area contributed by atoms with Crippen LogP contribution in [0.3, 0.4) is 0 Å². The van der Waals surface area contributed by atoms with Crippen molar-refractivity contribution in [2.75, 3.05) is 10.6 Å². The molecule has 0 spiro atoms. The van der Waals surface area contributed by atoms with E-state index in [1.54, 1.807) is 0 Å². The van der Waals surface area contributed by atoms with E-state index in [-0.39, 0.29) is 5.91 Å². The Kier molecular flexibility index (Phi) is 5.53. The number of carbonyl (C=O) groups is 1. The molecule has 0 saturated heterocycles. The molecule has 0 aliphatic carbocycles. The fraction of sp³-hybridized carbons (Fsp3) is 0.0417. The minimum Gasteiger partial charge on any atom is -0.457 e. The van der Waals surface area contributed by atoms with E-state index in [2.05, 4.69) is 20.8 Å². The van der Waals surface area contributed by atoms with Gasteiger partial charge in [-0.25, -0.2) is 0 Å². The molecule has 158 valence electrons. The monoisotopic (exact) mass is 458 g/mol. The predicted molar refractivity (Wildman–Crippen MR) is 131 cm³/mol. The van der Waals surface area contributed by atoms with Crippen LogP contribution in [0.2, 0.25) is 0 Å². The zero-order chi connectivity index (χ0) is 21.9. The molecule has 0 aliphatic heterocycles. The van der Waals surface area contributed by atoms with E-state index in [1.165, 1.54) is 22.7 Å². The summed E-state index contributed by atoms with van der Waals surface area (Å²) in [4.78, 5) is 13.4. The molecule has 2 aromatic heterocycles. The first-order valence-electron chi connectivity index (χ1n) is 9.88. The first-order valence-corrected chi connectivity index (χ1v) is 11.5. The number of carbonyl (C=O) groups excluding carboxylic acids is 1. The molecule has 0 saturated carbocycles. The second-order valence-electron chi connectivity index (χ2n) is 7.03. The highest BCUT2D eigenvalue weighted by Gasteiger charge is 2.14. The normalized spacial score (nSPS) is 10.8. The second-order valence-corrected chi connectivity index (χ2v) is 9.09. The largest absolute Gasteiger partial charge is 0.457 e. The van der Waals surface area contributed by atoms with E-state index in [1.807, 2.05) is 85.8 Å². The standard InChI is InChI=1S/C24H18N4O2S2/c1-15-7-5-6-10-19(15)25-23-27-28-24(32-23)26-22(29)21-14-16-13-18(11-12-20(16)31-21)30-17-8-3-2-4-9-17/h2-14H,1H3,(H,25,27)(H,26,28,29). The summed E-state index contributed by atoms with van der Waals surface area (Å²) in [5.41, 5.74) is 2.06. The molecule has 0 unspecified atom stereocenters. The summed E-state index contributed by atoms with van der Waals surface area (Å²) < 4.78 is 6.90. The molecule has 5 rings (SSSR count). The van der Waals surface area contributed by atoms with E-state index >= 15 is 0 Å². The number of anilines is 3. The van der Waals surface area contributed by atoms with Crippen LogP contribution in [0.15, 0.2) is 78.9 Å². The number of benzene rings is 3. The number of fused-ring (bicyclic) bond motifs is 1. The molecule has 8 heteroatoms. The van der Waals surface area contributed by atoms with Gasteiger partial charge in [0.05, 0.1) is 4.88 Å². The number of aromatic nitrogens is 2. The lowest BCUT2D eigenvalue weighted by Gasteiger charge is -2.04. The lowest BCUT2D eigenvalue weighted by Crippen LogP contribution is -2.09. The van der Waals surface area contributed by atoms with Crippen LogP contribution in [0.5, 0.6) is 11.5 Å². The van der Waals surface area contributed by atoms with Crippen molar-refractivity contribution in [3.63, 3.8) is 0 Å². The minimum absolute atomic E-state index is 0.213. The number of ether oxygens (including phenoxy) is 1. The van der Waals surface area contributed by atoms with E-state index in [4.69, 9.17) is 4.74 Å². The van der Waals surface area contributed by atoms with Crippen LogP contribution in [0.1, 0.15) is 15.2 Å². The second kappa shape index (κ2) is 8.78. The fourth-order valence-electron chi connectivity index (χ4n) is 3.13. The average Bonchev–Trinajstić information content (AvgIpc) is 3.42. The van der Waals surface area contributed by atoms with Crippen molar-refractivity contribution in [3.8, 4) is 11.5 Å². The van der Waals surface area contributed by atoms with Gasteiger partial charge in [-0.05, 0) is 60.3 Å². The van der Waals surface area contributed by atoms with Gasteiger partial charge >= 0.3 is 0 Å². The molecular formula is C24H18N4O2S2. The van der Waals surface area contributed by atoms with Gasteiger partial charge in [0.1, 0.15) is 11.5 Å². The van der Waals surface area contributed by atoms with Gasteiger partial charge in [0.2, 0.25) is 10.3 Å². The number of nitrogens with one attached hydrogen (secondary N) is 2. The van der Waals surface area contributed by atoms with Crippen molar-refractivity contribution >= 4 is 54.6 Å². The van der Waals surface area contributed by atoms with Crippen molar-refractivity contribution in [2.45, 2.75) is 6.92 Å². The molecule has 0 bridgehead atoms. The molecule has 0 fully saturated rings. The Bertz CT molecular complexity index is 1400. The smallest absolute Gasteiger partial charge is 0.267 e. The van der Waals surface area contributed by atoms with E-state index in [9.17, 15) is 4.79 Å². The molecule has 0 atom stereocenters. The van der Waals surface area contributed by atoms with Crippen molar-refractivity contribution in [1.82, 2.24) is 10.2 Å². The fourth-order valence-corrected chi connectivity index (χ4v) is 4.72. The van der Waals surface area contributed by atoms with Crippen LogP contribution < -0.4 is 15.4 Å². The van der Waals surface area contributed by atoms with Gasteiger partial charge in [-0.2, -0.15) is 0 Å². The first kappa shape index (κ1) is 20.2. The van der Waals surface area contributed by atoms with Gasteiger partial charge in [0, 0.05) is 10.4 Å². The van der Waals surface area contributed by atoms with Crippen LogP contribution in [-0.4, -0.2) is 16.1 Å². The number of para-hydroxylation sites is 2. The topological polar surface area (TPSA) is 76.1 Å². The molecule has 5 aromatic rings. The van der Waals surface area contributed by atoms with Gasteiger partial charge in [0.15, 0.2) is 0 Å². The zero-order valence-electron chi connectivity index (χ0n) is 17.0. The van der Waals surface area contributed by atoms with Crippen LogP contribution >= 0.6 is 22.7 Å². The van der Waals surface area contributed by atoms with Gasteiger partial charge in [0.25, 0.3) is 5.91 Å². The van der Waals surface area contributed by atoms with Crippen molar-refractivity contribution in [3.05, 3.63) is 89.3 Å². The average molecular weight is 459 g/mol. The van der Waals surface area contributed by atoms with Crippen LogP contribution in [-0.2, 0) is 0 Å². The number of amides is 1. The maximum Gasteiger partial charge on any atom is 0.267 e. The third kappa shape index (κ3) is 4.46. The molecule has 0 aliphatic rings. The van der Waals surface area contributed by atoms with Gasteiger partial charge in [-0.3, -0.25) is 10.1 Å². The predicted octanol–water partition coefficient (Wildman–Crippen LogP) is 6.85. The molecule has 2 heterocycles. The van der Waals surface area contributed by atoms with Gasteiger partial charge in [-0.15, -0.1) is 21.5 Å². The van der Waals surface area contributed by atoms with E-state index in [0.29, 0.717) is 15.1 Å². The number of rotatable bonds is 6. The van der Waals surface area contributed by atoms with Crippen LogP contribution in [0.4, 0.5) is 16.0 Å². The minimum atomic E-state index is -0.213.